The van der Waals surface area contributed by atoms with Crippen molar-refractivity contribution in [2.24, 2.45) is 0 Å². The Kier molecular flexibility index (Phi) is 3.46. The summed E-state index contributed by atoms with van der Waals surface area (Å²) >= 11 is 0. The summed E-state index contributed by atoms with van der Waals surface area (Å²) in [6, 6.07) is 13.1. The molecule has 0 amide bonds. The van der Waals surface area contributed by atoms with Gasteiger partial charge in [0.1, 0.15) is 0 Å². The van der Waals surface area contributed by atoms with Crippen LogP contribution in [0.1, 0.15) is 24.3 Å². The highest BCUT2D eigenvalue weighted by molar-refractivity contribution is 5.97. The molecule has 0 unspecified atom stereocenters. The summed E-state index contributed by atoms with van der Waals surface area (Å²) in [6.45, 7) is 3.84. The number of hydrogen-bond donors (Lipinski definition) is 2. The molecule has 0 aliphatic heterocycles. The molecule has 1 aliphatic rings. The number of benzene rings is 2. The molecule has 2 heteroatoms. The van der Waals surface area contributed by atoms with Crippen LogP contribution in [0, 0.1) is 0 Å². The Morgan fingerprint density at radius 2 is 1.90 bits per heavy atom. The number of anilines is 1. The van der Waals surface area contributed by atoms with Crippen LogP contribution in [0.25, 0.3) is 10.8 Å². The van der Waals surface area contributed by atoms with E-state index >= 15 is 0 Å². The standard InChI is InChI=1S/C18H20N2/c1-3-14(12-19-2)20-18-11-10-15(13-8-9-13)16-6-4-5-7-17(16)18/h3-7,10-13,19-20H,1,8-9H2,2H3/b14-12-. The Hall–Kier alpha value is -2.22. The van der Waals surface area contributed by atoms with E-state index in [-0.39, 0.29) is 0 Å². The van der Waals surface area contributed by atoms with Crippen LogP contribution in [-0.2, 0) is 0 Å². The molecule has 1 fully saturated rings. The summed E-state index contributed by atoms with van der Waals surface area (Å²) in [5.41, 5.74) is 3.59. The van der Waals surface area contributed by atoms with Gasteiger partial charge in [-0.25, -0.2) is 0 Å². The van der Waals surface area contributed by atoms with Crippen molar-refractivity contribution in [3.05, 3.63) is 66.5 Å². The molecule has 3 rings (SSSR count). The summed E-state index contributed by atoms with van der Waals surface area (Å²) in [4.78, 5) is 0. The molecule has 1 saturated carbocycles. The van der Waals surface area contributed by atoms with Gasteiger partial charge in [-0.15, -0.1) is 0 Å². The monoisotopic (exact) mass is 264 g/mol. The molecule has 0 aromatic heterocycles. The zero-order valence-corrected chi connectivity index (χ0v) is 11.8. The number of fused-ring (bicyclic) bond motifs is 1. The summed E-state index contributed by atoms with van der Waals surface area (Å²) < 4.78 is 0. The van der Waals surface area contributed by atoms with E-state index in [0.29, 0.717) is 0 Å². The molecule has 0 saturated heterocycles. The lowest BCUT2D eigenvalue weighted by molar-refractivity contribution is 1.09. The second-order valence-electron chi connectivity index (χ2n) is 5.24. The predicted molar refractivity (Wildman–Crippen MR) is 86.9 cm³/mol. The molecule has 102 valence electrons. The first kappa shape index (κ1) is 12.8. The van der Waals surface area contributed by atoms with Crippen molar-refractivity contribution in [1.82, 2.24) is 5.32 Å². The van der Waals surface area contributed by atoms with E-state index in [2.05, 4.69) is 53.6 Å². The predicted octanol–water partition coefficient (Wildman–Crippen LogP) is 4.38. The van der Waals surface area contributed by atoms with Crippen LogP contribution >= 0.6 is 0 Å². The van der Waals surface area contributed by atoms with E-state index in [9.17, 15) is 0 Å². The van der Waals surface area contributed by atoms with Crippen LogP contribution in [0.15, 0.2) is 61.0 Å². The van der Waals surface area contributed by atoms with Gasteiger partial charge in [-0.1, -0.05) is 36.9 Å². The van der Waals surface area contributed by atoms with Crippen LogP contribution in [-0.4, -0.2) is 7.05 Å². The third-order valence-corrected chi connectivity index (χ3v) is 3.77. The van der Waals surface area contributed by atoms with Gasteiger partial charge < -0.3 is 10.6 Å². The Morgan fingerprint density at radius 3 is 2.55 bits per heavy atom. The molecule has 0 radical (unpaired) electrons. The lowest BCUT2D eigenvalue weighted by Crippen LogP contribution is -2.03. The fraction of sp³-hybridized carbons (Fsp3) is 0.222. The van der Waals surface area contributed by atoms with Crippen LogP contribution in [0.5, 0.6) is 0 Å². The number of allylic oxidation sites excluding steroid dienone is 1. The molecule has 2 aromatic rings. The number of nitrogens with one attached hydrogen (secondary N) is 2. The molecule has 0 bridgehead atoms. The van der Waals surface area contributed by atoms with E-state index < -0.39 is 0 Å². The molecular formula is C18H20N2. The Bertz CT molecular complexity index is 666. The average molecular weight is 264 g/mol. The van der Waals surface area contributed by atoms with Crippen molar-refractivity contribution in [2.45, 2.75) is 18.8 Å². The lowest BCUT2D eigenvalue weighted by atomic mass is 9.99. The largest absolute Gasteiger partial charge is 0.392 e. The molecule has 2 N–H and O–H groups in total. The summed E-state index contributed by atoms with van der Waals surface area (Å²) in [6.07, 6.45) is 6.39. The normalized spacial score (nSPS) is 15.2. The first-order valence-corrected chi connectivity index (χ1v) is 7.12. The lowest BCUT2D eigenvalue weighted by Gasteiger charge is -2.13. The van der Waals surface area contributed by atoms with E-state index in [4.69, 9.17) is 0 Å². The van der Waals surface area contributed by atoms with Gasteiger partial charge in [-0.05, 0) is 41.9 Å². The van der Waals surface area contributed by atoms with Gasteiger partial charge in [0.2, 0.25) is 0 Å². The molecule has 0 heterocycles. The molecule has 20 heavy (non-hydrogen) atoms. The SMILES string of the molecule is C=C/C(=C/NC)Nc1ccc(C2CC2)c2ccccc12. The van der Waals surface area contributed by atoms with Crippen LogP contribution in [0.4, 0.5) is 5.69 Å². The quantitative estimate of drug-likeness (QED) is 0.783. The molecule has 0 atom stereocenters. The van der Waals surface area contributed by atoms with Gasteiger partial charge in [0.05, 0.1) is 5.70 Å². The molecule has 0 spiro atoms. The van der Waals surface area contributed by atoms with Gasteiger partial charge in [-0.3, -0.25) is 0 Å². The highest BCUT2D eigenvalue weighted by atomic mass is 14.9. The highest BCUT2D eigenvalue weighted by Gasteiger charge is 2.25. The van der Waals surface area contributed by atoms with Gasteiger partial charge in [-0.2, -0.15) is 0 Å². The van der Waals surface area contributed by atoms with Crippen LogP contribution < -0.4 is 10.6 Å². The van der Waals surface area contributed by atoms with E-state index in [1.807, 2.05) is 19.3 Å². The molecular weight excluding hydrogens is 244 g/mol. The molecule has 2 aromatic carbocycles. The van der Waals surface area contributed by atoms with E-state index in [0.717, 1.165) is 17.3 Å². The van der Waals surface area contributed by atoms with Crippen molar-refractivity contribution in [1.29, 1.82) is 0 Å². The summed E-state index contributed by atoms with van der Waals surface area (Å²) in [5, 5.41) is 9.12. The minimum Gasteiger partial charge on any atom is -0.392 e. The molecule has 1 aliphatic carbocycles. The fourth-order valence-electron chi connectivity index (χ4n) is 2.64. The highest BCUT2D eigenvalue weighted by Crippen LogP contribution is 2.44. The maximum atomic E-state index is 3.84. The first-order chi connectivity index (χ1) is 9.83. The van der Waals surface area contributed by atoms with Crippen molar-refractivity contribution < 1.29 is 0 Å². The third kappa shape index (κ3) is 2.42. The topological polar surface area (TPSA) is 24.1 Å². The second kappa shape index (κ2) is 5.41. The van der Waals surface area contributed by atoms with Crippen molar-refractivity contribution in [3.8, 4) is 0 Å². The van der Waals surface area contributed by atoms with Gasteiger partial charge in [0, 0.05) is 24.3 Å². The molecule has 2 nitrogen and oxygen atoms in total. The second-order valence-corrected chi connectivity index (χ2v) is 5.24. The number of rotatable bonds is 5. The zero-order valence-electron chi connectivity index (χ0n) is 11.8. The van der Waals surface area contributed by atoms with E-state index in [1.54, 1.807) is 0 Å². The Labute approximate surface area is 120 Å². The maximum absolute atomic E-state index is 3.84. The van der Waals surface area contributed by atoms with Gasteiger partial charge >= 0.3 is 0 Å². The summed E-state index contributed by atoms with van der Waals surface area (Å²) in [7, 11) is 1.89. The zero-order chi connectivity index (χ0) is 13.9. The maximum Gasteiger partial charge on any atom is 0.0537 e. The van der Waals surface area contributed by atoms with Crippen molar-refractivity contribution in [2.75, 3.05) is 12.4 Å². The summed E-state index contributed by atoms with van der Waals surface area (Å²) in [5.74, 6) is 0.765. The van der Waals surface area contributed by atoms with Crippen molar-refractivity contribution in [3.63, 3.8) is 0 Å². The first-order valence-electron chi connectivity index (χ1n) is 7.12. The third-order valence-electron chi connectivity index (χ3n) is 3.77. The smallest absolute Gasteiger partial charge is 0.0537 e. The van der Waals surface area contributed by atoms with Gasteiger partial charge in [0.15, 0.2) is 0 Å². The van der Waals surface area contributed by atoms with Crippen molar-refractivity contribution >= 4 is 16.5 Å². The fourth-order valence-corrected chi connectivity index (χ4v) is 2.64. The van der Waals surface area contributed by atoms with Crippen LogP contribution in [0.2, 0.25) is 0 Å². The minimum absolute atomic E-state index is 0.765. The average Bonchev–Trinajstić information content (AvgIpc) is 3.31. The number of hydrogen-bond acceptors (Lipinski definition) is 2. The van der Waals surface area contributed by atoms with Gasteiger partial charge in [0.25, 0.3) is 0 Å². The van der Waals surface area contributed by atoms with Crippen LogP contribution in [0.3, 0.4) is 0 Å². The Balaban J connectivity index is 2.06. The minimum atomic E-state index is 0.765. The van der Waals surface area contributed by atoms with E-state index in [1.165, 1.54) is 29.2 Å². The Morgan fingerprint density at radius 1 is 1.15 bits per heavy atom.